The first-order chi connectivity index (χ1) is 52.7. The number of carbonyl (C=O) groups is 15. The van der Waals surface area contributed by atoms with Gasteiger partial charge in [0.05, 0.1) is 42.4 Å². The second-order valence-electron chi connectivity index (χ2n) is 31.6. The topological polar surface area (TPSA) is 503 Å². The lowest BCUT2D eigenvalue weighted by Gasteiger charge is -2.30. The Labute approximate surface area is 664 Å². The number of rotatable bonds is 28. The third-order valence-electron chi connectivity index (χ3n) is 20.7. The Morgan fingerprint density at radius 1 is 0.464 bits per heavy atom. The minimum absolute atomic E-state index is 0.00244. The van der Waals surface area contributed by atoms with E-state index in [1.54, 1.807) is 116 Å². The van der Waals surface area contributed by atoms with Gasteiger partial charge in [0.1, 0.15) is 17.6 Å². The maximum absolute atomic E-state index is 15.1. The van der Waals surface area contributed by atoms with Gasteiger partial charge in [-0.25, -0.2) is 0 Å². The van der Waals surface area contributed by atoms with E-state index in [1.165, 1.54) is 0 Å². The smallest absolute Gasteiger partial charge is 0.305 e. The van der Waals surface area contributed by atoms with Crippen molar-refractivity contribution in [3.05, 3.63) is 71.8 Å². The van der Waals surface area contributed by atoms with E-state index in [1.807, 2.05) is 27.7 Å². The number of nitrogens with one attached hydrogen (secondary N) is 6. The Hall–Kier alpha value is -9.22. The van der Waals surface area contributed by atoms with Crippen molar-refractivity contribution in [3.63, 3.8) is 0 Å². The third kappa shape index (κ3) is 35.6. The molecule has 0 radical (unpaired) electrons. The Balaban J connectivity index is 2.37. The van der Waals surface area contributed by atoms with Crippen molar-refractivity contribution in [2.24, 2.45) is 110 Å². The van der Waals surface area contributed by atoms with Gasteiger partial charge in [0.25, 0.3) is 0 Å². The molecule has 1 saturated heterocycles. The number of aliphatic imine (C=N–C) groups is 2. The molecular weight excluding hydrogens is 1460 g/mol. The Bertz CT molecular complexity index is 3550. The van der Waals surface area contributed by atoms with E-state index in [0.717, 1.165) is 11.8 Å². The number of aliphatic carboxylic acids is 1. The number of carboxylic acids is 1. The summed E-state index contributed by atoms with van der Waals surface area (Å²) < 4.78 is 0. The van der Waals surface area contributed by atoms with Crippen molar-refractivity contribution in [1.29, 1.82) is 0 Å². The number of carboxylic acid groups (broad SMARTS) is 1. The van der Waals surface area contributed by atoms with Gasteiger partial charge < -0.3 is 65.7 Å². The van der Waals surface area contributed by atoms with Crippen LogP contribution in [-0.2, 0) is 84.8 Å². The Morgan fingerprint density at radius 3 is 1.39 bits per heavy atom. The highest BCUT2D eigenvalue weighted by atomic mass is 32.2. The van der Waals surface area contributed by atoms with Gasteiger partial charge in [-0.05, 0) is 98.0 Å². The largest absolute Gasteiger partial charge is 0.481 e. The summed E-state index contributed by atoms with van der Waals surface area (Å²) >= 11 is 0.918. The highest BCUT2D eigenvalue weighted by Gasteiger charge is 2.41. The SMILES string of the molecule is CC[C@H](C)[C@@H]1CC(=O)[C@H](C(C)C)CC(=O)[C@H]([C@@H](C)CC)NC(=O)[C@H](CC(C)C)CC(=O)[C@H](Cc2ccccc2)NC(=O)CSC[C@@H](C(=O)CCC(N)=O)NC(=O)[C@H](CCCN=C(N)N)CC(=O)[C@H](Cc2ccccc2)NC(=O)[C@H](C(C)C)CC(=O)[C@H](CCCN=C(N)N)NC(=O)[C@H](CC(=O)O)NC(=O)[C@H](CC(C)C)CC1=O. The zero-order valence-corrected chi connectivity index (χ0v) is 68.5. The molecule has 0 aromatic heterocycles. The highest BCUT2D eigenvalue weighted by Crippen LogP contribution is 2.32. The summed E-state index contributed by atoms with van der Waals surface area (Å²) in [6.45, 7) is 21.5. The molecule has 622 valence electrons. The molecule has 1 fully saturated rings. The molecule has 0 unspecified atom stereocenters. The van der Waals surface area contributed by atoms with Gasteiger partial charge >= 0.3 is 5.97 Å². The van der Waals surface area contributed by atoms with E-state index < -0.39 is 222 Å². The molecule has 30 heteroatoms. The number of guanidine groups is 2. The van der Waals surface area contributed by atoms with Gasteiger partial charge in [-0.2, -0.15) is 0 Å². The van der Waals surface area contributed by atoms with Crippen LogP contribution in [0, 0.1) is 71.0 Å². The zero-order valence-electron chi connectivity index (χ0n) is 67.7. The number of benzene rings is 2. The number of nitrogens with two attached hydrogens (primary N) is 5. The Kier molecular flexibility index (Phi) is 43.3. The molecule has 0 bridgehead atoms. The van der Waals surface area contributed by atoms with Gasteiger partial charge in [0.15, 0.2) is 40.8 Å². The van der Waals surface area contributed by atoms with Gasteiger partial charge in [-0.1, -0.05) is 157 Å². The molecule has 2 aromatic rings. The second-order valence-corrected chi connectivity index (χ2v) is 32.7. The molecule has 1 aliphatic heterocycles. The van der Waals surface area contributed by atoms with Crippen LogP contribution >= 0.6 is 11.8 Å². The van der Waals surface area contributed by atoms with E-state index in [0.29, 0.717) is 24.0 Å². The number of primary amides is 1. The van der Waals surface area contributed by atoms with Gasteiger partial charge in [0.2, 0.25) is 41.4 Å². The summed E-state index contributed by atoms with van der Waals surface area (Å²) in [4.78, 5) is 225. The van der Waals surface area contributed by atoms with Crippen molar-refractivity contribution < 1.29 is 77.0 Å². The number of carbonyl (C=O) groups excluding carboxylic acids is 14. The van der Waals surface area contributed by atoms with Crippen LogP contribution in [0.15, 0.2) is 70.6 Å². The Morgan fingerprint density at radius 2 is 0.902 bits per heavy atom. The zero-order chi connectivity index (χ0) is 84.1. The fourth-order valence-corrected chi connectivity index (χ4v) is 14.7. The third-order valence-corrected chi connectivity index (χ3v) is 21.7. The lowest BCUT2D eigenvalue weighted by atomic mass is 9.75. The first kappa shape index (κ1) is 97.0. The molecule has 14 atom stereocenters. The van der Waals surface area contributed by atoms with E-state index in [4.69, 9.17) is 28.7 Å². The molecule has 0 spiro atoms. The first-order valence-electron chi connectivity index (χ1n) is 39.5. The molecular formula is C82H127N13O16S. The normalized spacial score (nSPS) is 24.4. The molecule has 7 amide bonds. The van der Waals surface area contributed by atoms with Crippen molar-refractivity contribution in [2.45, 2.75) is 241 Å². The fraction of sp³-hybridized carbons (Fsp3) is 0.646. The molecule has 0 saturated carbocycles. The van der Waals surface area contributed by atoms with E-state index in [9.17, 15) is 72.2 Å². The standard InChI is InChI=1S/C82H127N13O16S/c1-13-50(11)59-42-67(98)57(48(7)8)40-71(102)75(51(12)14-2)95-78(109)56(34-47(5)6)39-69(100)61(35-52-23-17-15-18-24-52)90-73(104)45-112-44-64(65(96)29-30-72(83)103)94-76(107)54(27-21-31-88-81(84)85)37-68(99)62(36-53-25-19-16-20-26-53)92-79(110)58(49(9)10)41-70(101)60(28-22-32-89-82(86)87)91-80(111)63(43-74(105)106)93-77(108)55(33-46(3)4)38-66(59)97/h15-20,23-26,46-51,54-64,75H,13-14,21-22,27-45H2,1-12H3,(H2,83,103)(H,90,104)(H,91,111)(H,92,110)(H,93,108)(H,94,107)(H,95,109)(H,105,106)(H4,84,85,88)(H4,86,87,89)/t50-,51-,54+,55+,56+,57-,58-,59-,60-,61-,62-,63-,64-,75-/m0/s1. The highest BCUT2D eigenvalue weighted by molar-refractivity contribution is 8.00. The van der Waals surface area contributed by atoms with E-state index in [-0.39, 0.29) is 119 Å². The van der Waals surface area contributed by atoms with Crippen molar-refractivity contribution in [3.8, 4) is 0 Å². The molecule has 1 aliphatic rings. The van der Waals surface area contributed by atoms with E-state index in [2.05, 4.69) is 41.9 Å². The lowest BCUT2D eigenvalue weighted by molar-refractivity contribution is -0.142. The monoisotopic (exact) mass is 1580 g/mol. The average Bonchev–Trinajstić information content (AvgIpc) is 0.857. The molecule has 3 rings (SSSR count). The minimum atomic E-state index is -1.83. The number of hydrogen-bond donors (Lipinski definition) is 12. The second kappa shape index (κ2) is 50.0. The molecule has 112 heavy (non-hydrogen) atoms. The van der Waals surface area contributed by atoms with Gasteiger partial charge in [-0.15, -0.1) is 11.8 Å². The van der Waals surface area contributed by atoms with Crippen LogP contribution in [-0.4, -0.2) is 166 Å². The summed E-state index contributed by atoms with van der Waals surface area (Å²) in [5.74, 6) is -21.0. The minimum Gasteiger partial charge on any atom is -0.481 e. The van der Waals surface area contributed by atoms with Crippen molar-refractivity contribution in [2.75, 3.05) is 24.6 Å². The fourth-order valence-electron chi connectivity index (χ4n) is 13.8. The first-order valence-corrected chi connectivity index (χ1v) is 40.7. The summed E-state index contributed by atoms with van der Waals surface area (Å²) in [5.41, 5.74) is 29.3. The van der Waals surface area contributed by atoms with Crippen LogP contribution in [0.4, 0.5) is 0 Å². The number of ketones is 7. The predicted molar refractivity (Wildman–Crippen MR) is 431 cm³/mol. The molecule has 0 aliphatic carbocycles. The molecule has 17 N–H and O–H groups in total. The van der Waals surface area contributed by atoms with Crippen LogP contribution in [0.5, 0.6) is 0 Å². The summed E-state index contributed by atoms with van der Waals surface area (Å²) in [7, 11) is 0. The quantitative estimate of drug-likeness (QED) is 0.0284. The van der Waals surface area contributed by atoms with Crippen LogP contribution in [0.3, 0.4) is 0 Å². The van der Waals surface area contributed by atoms with Crippen molar-refractivity contribution >= 4 is 111 Å². The van der Waals surface area contributed by atoms with Crippen LogP contribution in [0.2, 0.25) is 0 Å². The van der Waals surface area contributed by atoms with Gasteiger partial charge in [0, 0.05) is 106 Å². The maximum Gasteiger partial charge on any atom is 0.305 e. The summed E-state index contributed by atoms with van der Waals surface area (Å²) in [6.07, 6.45) is -3.38. The van der Waals surface area contributed by atoms with E-state index >= 15 is 4.79 Å². The summed E-state index contributed by atoms with van der Waals surface area (Å²) in [5, 5.41) is 26.9. The van der Waals surface area contributed by atoms with Crippen LogP contribution in [0.1, 0.15) is 203 Å². The van der Waals surface area contributed by atoms with Crippen LogP contribution in [0.25, 0.3) is 0 Å². The van der Waals surface area contributed by atoms with Crippen LogP contribution < -0.4 is 60.6 Å². The number of thioether (sulfide) groups is 1. The van der Waals surface area contributed by atoms with Gasteiger partial charge in [-0.3, -0.25) is 81.9 Å². The van der Waals surface area contributed by atoms with Crippen molar-refractivity contribution in [1.82, 2.24) is 31.9 Å². The number of amides is 7. The number of nitrogens with zero attached hydrogens (tertiary/aromatic N) is 2. The number of hydrogen-bond acceptors (Lipinski definition) is 18. The molecule has 29 nitrogen and oxygen atoms in total. The average molecular weight is 1580 g/mol. The maximum atomic E-state index is 15.1. The summed E-state index contributed by atoms with van der Waals surface area (Å²) in [6, 6.07) is 9.06. The number of Topliss-reactive ketones (excluding diaryl/α,β-unsaturated/α-hetero) is 7. The lowest BCUT2D eigenvalue weighted by Crippen LogP contribution is -2.54. The molecule has 2 aromatic carbocycles. The predicted octanol–water partition coefficient (Wildman–Crippen LogP) is 5.49. The molecule has 1 heterocycles.